The van der Waals surface area contributed by atoms with Gasteiger partial charge in [0, 0.05) is 25.7 Å². The van der Waals surface area contributed by atoms with Gasteiger partial charge >= 0.3 is 5.97 Å². The van der Waals surface area contributed by atoms with Crippen molar-refractivity contribution >= 4 is 5.97 Å². The Bertz CT molecular complexity index is 224. The molecule has 0 fully saturated rings. The van der Waals surface area contributed by atoms with E-state index in [0.717, 1.165) is 19.5 Å². The largest absolute Gasteiger partial charge is 0.466 e. The molecule has 18 heavy (non-hydrogen) atoms. The minimum Gasteiger partial charge on any atom is -0.466 e. The van der Waals surface area contributed by atoms with Gasteiger partial charge in [-0.15, -0.1) is 0 Å². The molecule has 0 heterocycles. The first-order valence-corrected chi connectivity index (χ1v) is 6.75. The monoisotopic (exact) mass is 260 g/mol. The second kappa shape index (κ2) is 10.3. The Morgan fingerprint density at radius 3 is 2.67 bits per heavy atom. The Hall–Kier alpha value is -0.650. The molecule has 0 amide bonds. The topological polar surface area (TPSA) is 61.8 Å². The maximum atomic E-state index is 11.1. The highest BCUT2D eigenvalue weighted by Crippen LogP contribution is 1.98. The van der Waals surface area contributed by atoms with E-state index < -0.39 is 6.10 Å². The minimum absolute atomic E-state index is 0.0576. The van der Waals surface area contributed by atoms with E-state index in [-0.39, 0.29) is 12.4 Å². The predicted octanol–water partition coefficient (Wildman–Crippen LogP) is 0.620. The number of rotatable bonds is 10. The van der Waals surface area contributed by atoms with Crippen molar-refractivity contribution in [3.8, 4) is 0 Å². The van der Waals surface area contributed by atoms with Gasteiger partial charge in [-0.3, -0.25) is 4.79 Å². The summed E-state index contributed by atoms with van der Waals surface area (Å²) in [7, 11) is 2.09. The van der Waals surface area contributed by atoms with Crippen LogP contribution in [0.25, 0.3) is 0 Å². The highest BCUT2D eigenvalue weighted by atomic mass is 16.5. The van der Waals surface area contributed by atoms with E-state index >= 15 is 0 Å². The standard InChI is InChI=1S/C13H28N2O3/c1-5-11(3)15(4)8-7-14-10-12(16)9-13(17)18-6-2/h11-12,14,16H,5-10H2,1-4H3. The van der Waals surface area contributed by atoms with Gasteiger partial charge in [0.25, 0.3) is 0 Å². The number of hydrogen-bond donors (Lipinski definition) is 2. The molecule has 0 saturated carbocycles. The van der Waals surface area contributed by atoms with Crippen LogP contribution in [0.15, 0.2) is 0 Å². The maximum Gasteiger partial charge on any atom is 0.308 e. The fourth-order valence-corrected chi connectivity index (χ4v) is 1.54. The molecule has 108 valence electrons. The molecule has 2 atom stereocenters. The molecule has 2 unspecified atom stereocenters. The van der Waals surface area contributed by atoms with Crippen molar-refractivity contribution in [2.24, 2.45) is 0 Å². The Morgan fingerprint density at radius 2 is 2.11 bits per heavy atom. The van der Waals surface area contributed by atoms with E-state index in [1.54, 1.807) is 6.92 Å². The fraction of sp³-hybridized carbons (Fsp3) is 0.923. The van der Waals surface area contributed by atoms with Crippen molar-refractivity contribution in [2.45, 2.75) is 45.8 Å². The molecule has 0 aromatic carbocycles. The van der Waals surface area contributed by atoms with Gasteiger partial charge in [0.15, 0.2) is 0 Å². The molecule has 0 aliphatic rings. The van der Waals surface area contributed by atoms with E-state index in [4.69, 9.17) is 4.74 Å². The average molecular weight is 260 g/mol. The van der Waals surface area contributed by atoms with Crippen molar-refractivity contribution in [3.63, 3.8) is 0 Å². The van der Waals surface area contributed by atoms with Crippen molar-refractivity contribution in [1.29, 1.82) is 0 Å². The molecular weight excluding hydrogens is 232 g/mol. The number of nitrogens with one attached hydrogen (secondary N) is 1. The SMILES string of the molecule is CCOC(=O)CC(O)CNCCN(C)C(C)CC. The van der Waals surface area contributed by atoms with Crippen LogP contribution in [0.3, 0.4) is 0 Å². The van der Waals surface area contributed by atoms with E-state index in [0.29, 0.717) is 19.2 Å². The Kier molecular flexibility index (Phi) is 9.92. The second-order valence-corrected chi connectivity index (χ2v) is 4.60. The zero-order chi connectivity index (χ0) is 14.0. The van der Waals surface area contributed by atoms with E-state index in [1.165, 1.54) is 0 Å². The number of aliphatic hydroxyl groups is 1. The molecule has 5 nitrogen and oxygen atoms in total. The van der Waals surface area contributed by atoms with Crippen molar-refractivity contribution in [2.75, 3.05) is 33.3 Å². The summed E-state index contributed by atoms with van der Waals surface area (Å²) in [6.45, 7) is 8.63. The molecule has 0 saturated heterocycles. The van der Waals surface area contributed by atoms with E-state index in [9.17, 15) is 9.90 Å². The van der Waals surface area contributed by atoms with Crippen LogP contribution in [-0.4, -0.2) is 61.4 Å². The highest BCUT2D eigenvalue weighted by molar-refractivity contribution is 5.69. The van der Waals surface area contributed by atoms with Crippen molar-refractivity contribution in [3.05, 3.63) is 0 Å². The summed E-state index contributed by atoms with van der Waals surface area (Å²) in [5.74, 6) is -0.344. The van der Waals surface area contributed by atoms with Crippen LogP contribution in [0.1, 0.15) is 33.6 Å². The molecule has 0 rings (SSSR count). The Balaban J connectivity index is 3.56. The third-order valence-corrected chi connectivity index (χ3v) is 3.07. The molecule has 5 heteroatoms. The second-order valence-electron chi connectivity index (χ2n) is 4.60. The van der Waals surface area contributed by atoms with Gasteiger partial charge in [0.2, 0.25) is 0 Å². The Morgan fingerprint density at radius 1 is 1.44 bits per heavy atom. The van der Waals surface area contributed by atoms with Crippen LogP contribution >= 0.6 is 0 Å². The summed E-state index contributed by atoms with van der Waals surface area (Å²) < 4.78 is 4.77. The van der Waals surface area contributed by atoms with Crippen LogP contribution in [0.2, 0.25) is 0 Å². The minimum atomic E-state index is -0.669. The first-order chi connectivity index (χ1) is 8.51. The third-order valence-electron chi connectivity index (χ3n) is 3.07. The van der Waals surface area contributed by atoms with Gasteiger partial charge in [-0.1, -0.05) is 6.92 Å². The van der Waals surface area contributed by atoms with Gasteiger partial charge in [-0.05, 0) is 27.3 Å². The number of esters is 1. The summed E-state index contributed by atoms with van der Waals surface area (Å²) in [4.78, 5) is 13.4. The third kappa shape index (κ3) is 8.44. The molecule has 2 N–H and O–H groups in total. The lowest BCUT2D eigenvalue weighted by atomic mass is 10.2. The van der Waals surface area contributed by atoms with Crippen molar-refractivity contribution in [1.82, 2.24) is 10.2 Å². The number of nitrogens with zero attached hydrogens (tertiary/aromatic N) is 1. The normalized spacial score (nSPS) is 14.6. The van der Waals surface area contributed by atoms with E-state index in [2.05, 4.69) is 31.1 Å². The lowest BCUT2D eigenvalue weighted by molar-refractivity contribution is -0.145. The predicted molar refractivity (Wildman–Crippen MR) is 72.5 cm³/mol. The van der Waals surface area contributed by atoms with Crippen LogP contribution in [0, 0.1) is 0 Å². The number of carbonyl (C=O) groups is 1. The molecule has 0 radical (unpaired) electrons. The number of ether oxygens (including phenoxy) is 1. The lowest BCUT2D eigenvalue weighted by Gasteiger charge is -2.23. The zero-order valence-electron chi connectivity index (χ0n) is 12.1. The van der Waals surface area contributed by atoms with Gasteiger partial charge in [0.1, 0.15) is 0 Å². The van der Waals surface area contributed by atoms with Gasteiger partial charge in [0.05, 0.1) is 19.1 Å². The Labute approximate surface area is 110 Å². The summed E-state index contributed by atoms with van der Waals surface area (Å²) in [5.41, 5.74) is 0. The molecule has 0 bridgehead atoms. The summed E-state index contributed by atoms with van der Waals surface area (Å²) in [6.07, 6.45) is 0.516. The first-order valence-electron chi connectivity index (χ1n) is 6.75. The number of carbonyl (C=O) groups excluding carboxylic acids is 1. The molecule has 0 aromatic heterocycles. The molecule has 0 aliphatic heterocycles. The van der Waals surface area contributed by atoms with Crippen LogP contribution in [0.5, 0.6) is 0 Å². The molecule has 0 aromatic rings. The summed E-state index contributed by atoms with van der Waals surface area (Å²) in [6, 6.07) is 0.566. The average Bonchev–Trinajstić information content (AvgIpc) is 2.33. The van der Waals surface area contributed by atoms with Crippen molar-refractivity contribution < 1.29 is 14.6 Å². The van der Waals surface area contributed by atoms with Gasteiger partial charge < -0.3 is 20.1 Å². The zero-order valence-corrected chi connectivity index (χ0v) is 12.1. The van der Waals surface area contributed by atoms with Crippen LogP contribution < -0.4 is 5.32 Å². The number of hydrogen-bond acceptors (Lipinski definition) is 5. The van der Waals surface area contributed by atoms with Crippen LogP contribution in [-0.2, 0) is 9.53 Å². The summed E-state index contributed by atoms with van der Waals surface area (Å²) in [5, 5.41) is 12.7. The van der Waals surface area contributed by atoms with Crippen LogP contribution in [0.4, 0.5) is 0 Å². The van der Waals surface area contributed by atoms with E-state index in [1.807, 2.05) is 0 Å². The van der Waals surface area contributed by atoms with Gasteiger partial charge in [-0.25, -0.2) is 0 Å². The maximum absolute atomic E-state index is 11.1. The lowest BCUT2D eigenvalue weighted by Crippen LogP contribution is -2.37. The molecule has 0 spiro atoms. The number of aliphatic hydroxyl groups excluding tert-OH is 1. The highest BCUT2D eigenvalue weighted by Gasteiger charge is 2.11. The quantitative estimate of drug-likeness (QED) is 0.445. The van der Waals surface area contributed by atoms with Gasteiger partial charge in [-0.2, -0.15) is 0 Å². The molecular formula is C13H28N2O3. The first kappa shape index (κ1) is 17.4. The smallest absolute Gasteiger partial charge is 0.308 e. The summed E-state index contributed by atoms with van der Waals surface area (Å²) >= 11 is 0. The molecule has 0 aliphatic carbocycles. The number of likely N-dealkylation sites (N-methyl/N-ethyl adjacent to an activating group) is 1. The fourth-order valence-electron chi connectivity index (χ4n) is 1.54.